The van der Waals surface area contributed by atoms with E-state index in [0.717, 1.165) is 36.5 Å². The van der Waals surface area contributed by atoms with Crippen LogP contribution in [-0.4, -0.2) is 19.6 Å². The molecule has 1 spiro atoms. The van der Waals surface area contributed by atoms with Crippen molar-refractivity contribution in [1.29, 1.82) is 0 Å². The van der Waals surface area contributed by atoms with Crippen molar-refractivity contribution in [1.82, 2.24) is 0 Å². The van der Waals surface area contributed by atoms with Crippen LogP contribution in [0.2, 0.25) is 0 Å². The minimum Gasteiger partial charge on any atom is -0.497 e. The molecule has 16 heavy (non-hydrogen) atoms. The molecule has 1 saturated carbocycles. The van der Waals surface area contributed by atoms with Gasteiger partial charge in [0.15, 0.2) is 0 Å². The predicted octanol–water partition coefficient (Wildman–Crippen LogP) is 1.84. The minimum absolute atomic E-state index is 0.131. The molecule has 0 aromatic heterocycles. The van der Waals surface area contributed by atoms with E-state index in [1.807, 2.05) is 18.2 Å². The van der Waals surface area contributed by atoms with E-state index < -0.39 is 0 Å². The van der Waals surface area contributed by atoms with Crippen molar-refractivity contribution in [2.24, 2.45) is 5.41 Å². The van der Waals surface area contributed by atoms with Gasteiger partial charge in [0, 0.05) is 12.6 Å². The molecule has 2 aliphatic rings. The molecule has 1 amide bonds. The average molecular weight is 218 g/mol. The molecule has 1 aromatic carbocycles. The summed E-state index contributed by atoms with van der Waals surface area (Å²) in [6, 6.07) is 5.68. The molecule has 4 nitrogen and oxygen atoms in total. The number of hydrogen-bond donors (Lipinski definition) is 2. The van der Waals surface area contributed by atoms with Gasteiger partial charge in [-0.3, -0.25) is 4.79 Å². The second-order valence-electron chi connectivity index (χ2n) is 4.50. The summed E-state index contributed by atoms with van der Waals surface area (Å²) in [7, 11) is 1.62. The Kier molecular flexibility index (Phi) is 1.87. The molecule has 1 aliphatic heterocycles. The number of ether oxygens (including phenoxy) is 1. The Labute approximate surface area is 94.0 Å². The van der Waals surface area contributed by atoms with Crippen molar-refractivity contribution in [2.45, 2.75) is 12.8 Å². The fourth-order valence-corrected chi connectivity index (χ4v) is 2.06. The van der Waals surface area contributed by atoms with Gasteiger partial charge in [-0.1, -0.05) is 0 Å². The molecule has 0 atom stereocenters. The first-order valence-electron chi connectivity index (χ1n) is 5.47. The summed E-state index contributed by atoms with van der Waals surface area (Å²) in [4.78, 5) is 12.0. The van der Waals surface area contributed by atoms with Crippen LogP contribution in [0.1, 0.15) is 12.8 Å². The maximum atomic E-state index is 12.0. The Bertz CT molecular complexity index is 452. The van der Waals surface area contributed by atoms with Crippen LogP contribution >= 0.6 is 0 Å². The molecule has 0 radical (unpaired) electrons. The van der Waals surface area contributed by atoms with Gasteiger partial charge in [-0.25, -0.2) is 0 Å². The lowest BCUT2D eigenvalue weighted by Crippen LogP contribution is -2.27. The van der Waals surface area contributed by atoms with Crippen LogP contribution < -0.4 is 15.4 Å². The van der Waals surface area contributed by atoms with Crippen molar-refractivity contribution >= 4 is 17.3 Å². The first-order chi connectivity index (χ1) is 7.73. The highest BCUT2D eigenvalue weighted by Gasteiger charge is 2.50. The highest BCUT2D eigenvalue weighted by molar-refractivity contribution is 6.01. The number of carbonyl (C=O) groups excluding carboxylic acids is 1. The molecule has 0 saturated heterocycles. The van der Waals surface area contributed by atoms with Crippen molar-refractivity contribution in [3.8, 4) is 5.75 Å². The molecule has 84 valence electrons. The summed E-state index contributed by atoms with van der Waals surface area (Å²) < 4.78 is 5.14. The second kappa shape index (κ2) is 3.14. The lowest BCUT2D eigenvalue weighted by molar-refractivity contribution is -0.120. The topological polar surface area (TPSA) is 50.4 Å². The standard InChI is InChI=1S/C12H14N2O2/c1-16-8-2-3-9-10(6-8)14-11(15)12(4-5-12)7-13-9/h2-3,6,13H,4-5,7H2,1H3,(H,14,15). The van der Waals surface area contributed by atoms with E-state index >= 15 is 0 Å². The van der Waals surface area contributed by atoms with Crippen LogP contribution in [0.25, 0.3) is 0 Å². The molecule has 1 aliphatic carbocycles. The molecular formula is C12H14N2O2. The van der Waals surface area contributed by atoms with Gasteiger partial charge in [0.05, 0.1) is 23.9 Å². The fraction of sp³-hybridized carbons (Fsp3) is 0.417. The summed E-state index contributed by atoms with van der Waals surface area (Å²) in [6.45, 7) is 0.734. The number of rotatable bonds is 1. The first-order valence-corrected chi connectivity index (χ1v) is 5.47. The van der Waals surface area contributed by atoms with Gasteiger partial charge < -0.3 is 15.4 Å². The highest BCUT2D eigenvalue weighted by atomic mass is 16.5. The largest absolute Gasteiger partial charge is 0.497 e. The van der Waals surface area contributed by atoms with Gasteiger partial charge >= 0.3 is 0 Å². The van der Waals surface area contributed by atoms with E-state index in [2.05, 4.69) is 10.6 Å². The van der Waals surface area contributed by atoms with Gasteiger partial charge in [0.1, 0.15) is 5.75 Å². The van der Waals surface area contributed by atoms with E-state index in [1.165, 1.54) is 0 Å². The summed E-state index contributed by atoms with van der Waals surface area (Å²) in [5, 5.41) is 6.29. The molecule has 2 N–H and O–H groups in total. The number of nitrogens with one attached hydrogen (secondary N) is 2. The average Bonchev–Trinajstić information content (AvgIpc) is 3.09. The highest BCUT2D eigenvalue weighted by Crippen LogP contribution is 2.48. The minimum atomic E-state index is -0.160. The number of benzene rings is 1. The van der Waals surface area contributed by atoms with Gasteiger partial charge in [-0.05, 0) is 25.0 Å². The number of anilines is 2. The third-order valence-electron chi connectivity index (χ3n) is 3.43. The zero-order valence-corrected chi connectivity index (χ0v) is 9.17. The third kappa shape index (κ3) is 1.33. The summed E-state index contributed by atoms with van der Waals surface area (Å²) >= 11 is 0. The lowest BCUT2D eigenvalue weighted by atomic mass is 10.1. The van der Waals surface area contributed by atoms with E-state index in [4.69, 9.17) is 4.74 Å². The Hall–Kier alpha value is -1.71. The van der Waals surface area contributed by atoms with E-state index in [9.17, 15) is 4.79 Å². The normalized spacial score (nSPS) is 20.4. The van der Waals surface area contributed by atoms with Crippen molar-refractivity contribution in [3.63, 3.8) is 0 Å². The monoisotopic (exact) mass is 218 g/mol. The summed E-state index contributed by atoms with van der Waals surface area (Å²) in [6.07, 6.45) is 1.97. The van der Waals surface area contributed by atoms with Gasteiger partial charge in [0.2, 0.25) is 5.91 Å². The SMILES string of the molecule is COc1ccc2c(c1)NC(=O)C1(CC1)CN2. The third-order valence-corrected chi connectivity index (χ3v) is 3.43. The van der Waals surface area contributed by atoms with Gasteiger partial charge in [0.25, 0.3) is 0 Å². The Morgan fingerprint density at radius 1 is 1.31 bits per heavy atom. The van der Waals surface area contributed by atoms with E-state index in [0.29, 0.717) is 0 Å². The van der Waals surface area contributed by atoms with Crippen LogP contribution in [-0.2, 0) is 4.79 Å². The fourth-order valence-electron chi connectivity index (χ4n) is 2.06. The number of amides is 1. The maximum Gasteiger partial charge on any atom is 0.232 e. The summed E-state index contributed by atoms with van der Waals surface area (Å²) in [5.74, 6) is 0.889. The molecule has 1 fully saturated rings. The van der Waals surface area contributed by atoms with Crippen LogP contribution in [0, 0.1) is 5.41 Å². The number of carbonyl (C=O) groups is 1. The van der Waals surface area contributed by atoms with Crippen molar-refractivity contribution in [3.05, 3.63) is 18.2 Å². The maximum absolute atomic E-state index is 12.0. The zero-order chi connectivity index (χ0) is 11.2. The Morgan fingerprint density at radius 2 is 2.12 bits per heavy atom. The molecule has 3 rings (SSSR count). The van der Waals surface area contributed by atoms with Gasteiger partial charge in [-0.15, -0.1) is 0 Å². The van der Waals surface area contributed by atoms with Gasteiger partial charge in [-0.2, -0.15) is 0 Å². The number of methoxy groups -OCH3 is 1. The summed E-state index contributed by atoms with van der Waals surface area (Å²) in [5.41, 5.74) is 1.62. The van der Waals surface area contributed by atoms with Crippen LogP contribution in [0.5, 0.6) is 5.75 Å². The molecule has 1 aromatic rings. The molecule has 0 unspecified atom stereocenters. The zero-order valence-electron chi connectivity index (χ0n) is 9.17. The van der Waals surface area contributed by atoms with Crippen molar-refractivity contribution < 1.29 is 9.53 Å². The predicted molar refractivity (Wildman–Crippen MR) is 61.8 cm³/mol. The molecule has 1 heterocycles. The van der Waals surface area contributed by atoms with E-state index in [1.54, 1.807) is 7.11 Å². The first kappa shape index (κ1) is 9.51. The lowest BCUT2D eigenvalue weighted by Gasteiger charge is -2.09. The van der Waals surface area contributed by atoms with Crippen LogP contribution in [0.4, 0.5) is 11.4 Å². The number of fused-ring (bicyclic) bond motifs is 1. The molecule has 0 bridgehead atoms. The smallest absolute Gasteiger partial charge is 0.232 e. The van der Waals surface area contributed by atoms with E-state index in [-0.39, 0.29) is 11.3 Å². The number of hydrogen-bond acceptors (Lipinski definition) is 3. The molecular weight excluding hydrogens is 204 g/mol. The second-order valence-corrected chi connectivity index (χ2v) is 4.50. The Balaban J connectivity index is 1.97. The van der Waals surface area contributed by atoms with Crippen LogP contribution in [0.15, 0.2) is 18.2 Å². The van der Waals surface area contributed by atoms with Crippen molar-refractivity contribution in [2.75, 3.05) is 24.3 Å². The quantitative estimate of drug-likeness (QED) is 0.756. The molecule has 4 heteroatoms. The van der Waals surface area contributed by atoms with Crippen LogP contribution in [0.3, 0.4) is 0 Å². The Morgan fingerprint density at radius 3 is 2.81 bits per heavy atom.